The molecule has 0 aliphatic heterocycles. The Hall–Kier alpha value is -3.27. The van der Waals surface area contributed by atoms with E-state index in [1.165, 1.54) is 5.56 Å². The molecule has 0 unspecified atom stereocenters. The van der Waals surface area contributed by atoms with Crippen molar-refractivity contribution in [3.05, 3.63) is 78.4 Å². The second-order valence-corrected chi connectivity index (χ2v) is 6.79. The summed E-state index contributed by atoms with van der Waals surface area (Å²) in [6.45, 7) is 3.54. The van der Waals surface area contributed by atoms with Crippen LogP contribution in [0.4, 0.5) is 0 Å². The van der Waals surface area contributed by atoms with Crippen LogP contribution in [-0.4, -0.2) is 23.3 Å². The first-order valence-electron chi connectivity index (χ1n) is 9.54. The third-order valence-electron chi connectivity index (χ3n) is 4.82. The highest BCUT2D eigenvalue weighted by Crippen LogP contribution is 2.27. The number of hydrogen-bond acceptors (Lipinski definition) is 3. The number of imidazole rings is 1. The number of nitrogens with zero attached hydrogens (tertiary/aromatic N) is 2. The third kappa shape index (κ3) is 3.72. The Bertz CT molecular complexity index is 1070. The van der Waals surface area contributed by atoms with Gasteiger partial charge in [0, 0.05) is 12.1 Å². The van der Waals surface area contributed by atoms with Crippen LogP contribution in [0.25, 0.3) is 22.4 Å². The van der Waals surface area contributed by atoms with E-state index in [-0.39, 0.29) is 0 Å². The number of rotatable bonds is 7. The van der Waals surface area contributed by atoms with E-state index >= 15 is 0 Å². The maximum atomic E-state index is 5.94. The summed E-state index contributed by atoms with van der Waals surface area (Å²) in [6, 6.07) is 24.6. The maximum Gasteiger partial charge on any atom is 0.161 e. The average Bonchev–Trinajstić information content (AvgIpc) is 3.10. The summed E-state index contributed by atoms with van der Waals surface area (Å²) in [5.74, 6) is 2.54. The summed E-state index contributed by atoms with van der Waals surface area (Å²) >= 11 is 0. The largest absolute Gasteiger partial charge is 0.493 e. The Balaban J connectivity index is 1.54. The molecule has 0 saturated carbocycles. The molecule has 0 atom stereocenters. The van der Waals surface area contributed by atoms with Gasteiger partial charge in [-0.15, -0.1) is 0 Å². The molecule has 142 valence electrons. The van der Waals surface area contributed by atoms with Gasteiger partial charge in [0.05, 0.1) is 24.8 Å². The van der Waals surface area contributed by atoms with Crippen molar-refractivity contribution in [2.45, 2.75) is 19.9 Å². The lowest BCUT2D eigenvalue weighted by Gasteiger charge is -2.12. The molecule has 3 aromatic carbocycles. The number of hydrogen-bond donors (Lipinski definition) is 0. The van der Waals surface area contributed by atoms with Crippen LogP contribution in [0.1, 0.15) is 12.0 Å². The van der Waals surface area contributed by atoms with Crippen molar-refractivity contribution < 1.29 is 9.47 Å². The highest BCUT2D eigenvalue weighted by atomic mass is 16.5. The number of benzene rings is 3. The van der Waals surface area contributed by atoms with Crippen LogP contribution >= 0.6 is 0 Å². The normalized spacial score (nSPS) is 10.9. The van der Waals surface area contributed by atoms with E-state index in [0.29, 0.717) is 6.61 Å². The van der Waals surface area contributed by atoms with Gasteiger partial charge in [-0.25, -0.2) is 4.98 Å². The molecular weight excluding hydrogens is 348 g/mol. The second kappa shape index (κ2) is 8.17. The lowest BCUT2D eigenvalue weighted by Crippen LogP contribution is -2.06. The van der Waals surface area contributed by atoms with E-state index in [9.17, 15) is 0 Å². The zero-order valence-electron chi connectivity index (χ0n) is 16.3. The summed E-state index contributed by atoms with van der Waals surface area (Å²) < 4.78 is 13.6. The van der Waals surface area contributed by atoms with Gasteiger partial charge < -0.3 is 14.0 Å². The first-order valence-corrected chi connectivity index (χ1v) is 9.54. The average molecular weight is 372 g/mol. The molecule has 0 radical (unpaired) electrons. The highest BCUT2D eigenvalue weighted by molar-refractivity contribution is 5.80. The Kier molecular flexibility index (Phi) is 5.29. The predicted molar refractivity (Wildman–Crippen MR) is 113 cm³/mol. The van der Waals surface area contributed by atoms with E-state index in [4.69, 9.17) is 14.5 Å². The Morgan fingerprint density at radius 1 is 0.857 bits per heavy atom. The number of methoxy groups -OCH3 is 1. The van der Waals surface area contributed by atoms with E-state index in [0.717, 1.165) is 46.9 Å². The van der Waals surface area contributed by atoms with Gasteiger partial charge in [-0.05, 0) is 37.6 Å². The predicted octanol–water partition coefficient (Wildman–Crippen LogP) is 5.49. The van der Waals surface area contributed by atoms with Crippen LogP contribution in [0.5, 0.6) is 11.5 Å². The van der Waals surface area contributed by atoms with E-state index < -0.39 is 0 Å². The fourth-order valence-electron chi connectivity index (χ4n) is 3.37. The smallest absolute Gasteiger partial charge is 0.161 e. The molecule has 4 rings (SSSR count). The van der Waals surface area contributed by atoms with Gasteiger partial charge in [0.1, 0.15) is 5.82 Å². The first-order chi connectivity index (χ1) is 13.8. The molecule has 4 aromatic rings. The van der Waals surface area contributed by atoms with Gasteiger partial charge in [-0.3, -0.25) is 0 Å². The van der Waals surface area contributed by atoms with E-state index in [2.05, 4.69) is 54.0 Å². The number of para-hydroxylation sites is 4. The number of fused-ring (bicyclic) bond motifs is 1. The lowest BCUT2D eigenvalue weighted by molar-refractivity contribution is 0.283. The molecule has 4 heteroatoms. The van der Waals surface area contributed by atoms with Crippen LogP contribution in [0.2, 0.25) is 0 Å². The summed E-state index contributed by atoms with van der Waals surface area (Å²) in [7, 11) is 1.66. The van der Waals surface area contributed by atoms with E-state index in [1.807, 2.05) is 30.3 Å². The van der Waals surface area contributed by atoms with E-state index in [1.54, 1.807) is 7.11 Å². The summed E-state index contributed by atoms with van der Waals surface area (Å²) in [4.78, 5) is 4.88. The molecule has 1 aromatic heterocycles. The van der Waals surface area contributed by atoms with Gasteiger partial charge in [0.2, 0.25) is 0 Å². The number of aromatic nitrogens is 2. The standard InChI is InChI=1S/C24H24N2O2/c1-18-12-14-19(15-13-18)24-25-20-8-3-4-9-21(20)26(24)16-7-17-28-23-11-6-5-10-22(23)27-2/h3-6,8-15H,7,16-17H2,1-2H3. The maximum absolute atomic E-state index is 5.94. The fraction of sp³-hybridized carbons (Fsp3) is 0.208. The molecule has 0 spiro atoms. The van der Waals surface area contributed by atoms with Crippen LogP contribution in [-0.2, 0) is 6.54 Å². The van der Waals surface area contributed by atoms with Gasteiger partial charge in [-0.2, -0.15) is 0 Å². The SMILES string of the molecule is COc1ccccc1OCCCn1c(-c2ccc(C)cc2)nc2ccccc21. The fourth-order valence-corrected chi connectivity index (χ4v) is 3.37. The van der Waals surface area contributed by atoms with Crippen molar-refractivity contribution in [3.63, 3.8) is 0 Å². The van der Waals surface area contributed by atoms with Crippen molar-refractivity contribution >= 4 is 11.0 Å². The Morgan fingerprint density at radius 3 is 2.36 bits per heavy atom. The Morgan fingerprint density at radius 2 is 1.57 bits per heavy atom. The topological polar surface area (TPSA) is 36.3 Å². The minimum atomic E-state index is 0.611. The molecule has 0 fully saturated rings. The minimum absolute atomic E-state index is 0.611. The van der Waals surface area contributed by atoms with Crippen molar-refractivity contribution in [2.24, 2.45) is 0 Å². The van der Waals surface area contributed by atoms with Crippen LogP contribution in [0.15, 0.2) is 72.8 Å². The monoisotopic (exact) mass is 372 g/mol. The molecule has 0 bridgehead atoms. The number of aryl methyl sites for hydroxylation is 2. The van der Waals surface area contributed by atoms with Gasteiger partial charge in [0.25, 0.3) is 0 Å². The zero-order valence-corrected chi connectivity index (χ0v) is 16.3. The molecular formula is C24H24N2O2. The van der Waals surface area contributed by atoms with Crippen molar-refractivity contribution in [2.75, 3.05) is 13.7 Å². The van der Waals surface area contributed by atoms with Crippen LogP contribution in [0.3, 0.4) is 0 Å². The highest BCUT2D eigenvalue weighted by Gasteiger charge is 2.12. The zero-order chi connectivity index (χ0) is 19.3. The quantitative estimate of drug-likeness (QED) is 0.403. The summed E-state index contributed by atoms with van der Waals surface area (Å²) in [5, 5.41) is 0. The van der Waals surface area contributed by atoms with Gasteiger partial charge >= 0.3 is 0 Å². The second-order valence-electron chi connectivity index (χ2n) is 6.79. The molecule has 0 saturated heterocycles. The number of ether oxygens (including phenoxy) is 2. The Labute approximate surface area is 165 Å². The first kappa shape index (κ1) is 18.1. The van der Waals surface area contributed by atoms with Gasteiger partial charge in [-0.1, -0.05) is 54.1 Å². The van der Waals surface area contributed by atoms with Gasteiger partial charge in [0.15, 0.2) is 11.5 Å². The molecule has 1 heterocycles. The molecule has 0 aliphatic rings. The molecule has 0 aliphatic carbocycles. The van der Waals surface area contributed by atoms with Crippen molar-refractivity contribution in [3.8, 4) is 22.9 Å². The van der Waals surface area contributed by atoms with Crippen LogP contribution in [0, 0.1) is 6.92 Å². The lowest BCUT2D eigenvalue weighted by atomic mass is 10.1. The molecule has 0 N–H and O–H groups in total. The van der Waals surface area contributed by atoms with Crippen molar-refractivity contribution in [1.82, 2.24) is 9.55 Å². The third-order valence-corrected chi connectivity index (χ3v) is 4.82. The van der Waals surface area contributed by atoms with Crippen molar-refractivity contribution in [1.29, 1.82) is 0 Å². The van der Waals surface area contributed by atoms with Crippen LogP contribution < -0.4 is 9.47 Å². The molecule has 0 amide bonds. The molecule has 28 heavy (non-hydrogen) atoms. The summed E-state index contributed by atoms with van der Waals surface area (Å²) in [6.07, 6.45) is 0.872. The summed E-state index contributed by atoms with van der Waals surface area (Å²) in [5.41, 5.74) is 4.54. The molecule has 4 nitrogen and oxygen atoms in total. The minimum Gasteiger partial charge on any atom is -0.493 e.